The number of rotatable bonds is 2. The van der Waals surface area contributed by atoms with Gasteiger partial charge in [0.1, 0.15) is 0 Å². The molecule has 4 nitrogen and oxygen atoms in total. The molecular weight excluding hydrogens is 377 g/mol. The van der Waals surface area contributed by atoms with Gasteiger partial charge in [-0.2, -0.15) is 4.98 Å². The second-order valence-electron chi connectivity index (χ2n) is 4.22. The minimum absolute atomic E-state index is 0.228. The van der Waals surface area contributed by atoms with Crippen molar-refractivity contribution in [1.29, 1.82) is 0 Å². The van der Waals surface area contributed by atoms with Crippen molar-refractivity contribution in [3.05, 3.63) is 50.9 Å². The number of nitrogen functional groups attached to an aromatic ring is 1. The van der Waals surface area contributed by atoms with Crippen LogP contribution in [0.15, 0.2) is 45.4 Å². The fourth-order valence-corrected chi connectivity index (χ4v) is 2.73. The van der Waals surface area contributed by atoms with Crippen molar-refractivity contribution in [2.45, 2.75) is 0 Å². The van der Waals surface area contributed by atoms with Crippen LogP contribution in [0.25, 0.3) is 22.8 Å². The van der Waals surface area contributed by atoms with E-state index in [1.807, 2.05) is 24.3 Å². The van der Waals surface area contributed by atoms with Gasteiger partial charge in [-0.1, -0.05) is 56.4 Å². The summed E-state index contributed by atoms with van der Waals surface area (Å²) in [5.74, 6) is 0.665. The Morgan fingerprint density at radius 2 is 1.76 bits per heavy atom. The first-order valence-corrected chi connectivity index (χ1v) is 7.45. The first kappa shape index (κ1) is 14.4. The van der Waals surface area contributed by atoms with Crippen LogP contribution in [-0.2, 0) is 0 Å². The molecule has 0 aliphatic rings. The van der Waals surface area contributed by atoms with Gasteiger partial charge in [0.05, 0.1) is 21.3 Å². The third-order valence-corrected chi connectivity index (χ3v) is 4.23. The molecule has 21 heavy (non-hydrogen) atoms. The van der Waals surface area contributed by atoms with E-state index in [-0.39, 0.29) is 5.89 Å². The number of aromatic nitrogens is 2. The van der Waals surface area contributed by atoms with E-state index in [0.29, 0.717) is 27.1 Å². The molecule has 3 rings (SSSR count). The van der Waals surface area contributed by atoms with Crippen LogP contribution in [0.1, 0.15) is 0 Å². The topological polar surface area (TPSA) is 64.9 Å². The Labute approximate surface area is 139 Å². The van der Waals surface area contributed by atoms with Crippen LogP contribution < -0.4 is 5.73 Å². The zero-order chi connectivity index (χ0) is 15.0. The summed E-state index contributed by atoms with van der Waals surface area (Å²) in [6, 6.07) is 10.8. The Balaban J connectivity index is 2.12. The lowest BCUT2D eigenvalue weighted by molar-refractivity contribution is 0.432. The van der Waals surface area contributed by atoms with Crippen molar-refractivity contribution in [3.63, 3.8) is 0 Å². The smallest absolute Gasteiger partial charge is 0.261 e. The molecule has 0 unspecified atom stereocenters. The summed E-state index contributed by atoms with van der Waals surface area (Å²) in [7, 11) is 0. The van der Waals surface area contributed by atoms with Crippen molar-refractivity contribution >= 4 is 44.8 Å². The molecule has 0 spiro atoms. The second-order valence-corrected chi connectivity index (χ2v) is 5.89. The molecule has 0 aliphatic carbocycles. The van der Waals surface area contributed by atoms with E-state index >= 15 is 0 Å². The molecule has 2 aromatic carbocycles. The molecule has 1 aromatic heterocycles. The molecule has 0 aliphatic heterocycles. The minimum Gasteiger partial charge on any atom is -0.397 e. The van der Waals surface area contributed by atoms with Crippen LogP contribution in [0.5, 0.6) is 0 Å². The van der Waals surface area contributed by atoms with Gasteiger partial charge in [0.2, 0.25) is 5.82 Å². The van der Waals surface area contributed by atoms with Crippen molar-refractivity contribution in [1.82, 2.24) is 10.1 Å². The number of anilines is 1. The monoisotopic (exact) mass is 383 g/mol. The summed E-state index contributed by atoms with van der Waals surface area (Å²) < 4.78 is 6.14. The number of benzene rings is 2. The number of hydrogen-bond donors (Lipinski definition) is 1. The van der Waals surface area contributed by atoms with Gasteiger partial charge in [-0.15, -0.1) is 0 Å². The predicted molar refractivity (Wildman–Crippen MR) is 87.3 cm³/mol. The van der Waals surface area contributed by atoms with Crippen molar-refractivity contribution < 1.29 is 4.52 Å². The van der Waals surface area contributed by atoms with E-state index in [9.17, 15) is 0 Å². The van der Waals surface area contributed by atoms with Gasteiger partial charge in [-0.25, -0.2) is 0 Å². The van der Waals surface area contributed by atoms with E-state index < -0.39 is 0 Å². The highest BCUT2D eigenvalue weighted by molar-refractivity contribution is 9.10. The Bertz CT molecular complexity index is 820. The van der Waals surface area contributed by atoms with E-state index in [1.54, 1.807) is 12.1 Å². The first-order chi connectivity index (χ1) is 10.1. The highest BCUT2D eigenvalue weighted by atomic mass is 79.9. The van der Waals surface area contributed by atoms with Gasteiger partial charge >= 0.3 is 0 Å². The molecule has 0 radical (unpaired) electrons. The summed E-state index contributed by atoms with van der Waals surface area (Å²) in [6.45, 7) is 0. The Morgan fingerprint density at radius 3 is 2.52 bits per heavy atom. The van der Waals surface area contributed by atoms with Gasteiger partial charge < -0.3 is 10.3 Å². The molecule has 0 fully saturated rings. The first-order valence-electron chi connectivity index (χ1n) is 5.90. The van der Waals surface area contributed by atoms with E-state index in [0.717, 1.165) is 10.0 Å². The average molecular weight is 385 g/mol. The van der Waals surface area contributed by atoms with E-state index in [1.165, 1.54) is 0 Å². The lowest BCUT2D eigenvalue weighted by Gasteiger charge is -2.04. The third-order valence-electron chi connectivity index (χ3n) is 2.90. The van der Waals surface area contributed by atoms with Gasteiger partial charge in [0.25, 0.3) is 5.89 Å². The zero-order valence-corrected chi connectivity index (χ0v) is 13.6. The van der Waals surface area contributed by atoms with Crippen LogP contribution in [0.2, 0.25) is 10.0 Å². The lowest BCUT2D eigenvalue weighted by Crippen LogP contribution is -1.92. The largest absolute Gasteiger partial charge is 0.397 e. The molecule has 1 heterocycles. The summed E-state index contributed by atoms with van der Waals surface area (Å²) in [5, 5.41) is 4.75. The predicted octanol–water partition coefficient (Wildman–Crippen LogP) is 5.06. The third kappa shape index (κ3) is 2.64. The van der Waals surface area contributed by atoms with Gasteiger partial charge in [0, 0.05) is 10.0 Å². The van der Waals surface area contributed by atoms with Crippen LogP contribution in [0.3, 0.4) is 0 Å². The SMILES string of the molecule is Nc1c(Cl)ccc(Cl)c1-c1nc(-c2ccccc2Br)no1. The van der Waals surface area contributed by atoms with Crippen LogP contribution in [0.4, 0.5) is 5.69 Å². The van der Waals surface area contributed by atoms with Crippen molar-refractivity contribution in [2.75, 3.05) is 5.73 Å². The molecule has 0 saturated heterocycles. The maximum absolute atomic E-state index is 6.15. The van der Waals surface area contributed by atoms with Crippen LogP contribution in [0, 0.1) is 0 Å². The fourth-order valence-electron chi connectivity index (χ4n) is 1.86. The molecule has 0 amide bonds. The highest BCUT2D eigenvalue weighted by Crippen LogP contribution is 2.37. The zero-order valence-electron chi connectivity index (χ0n) is 10.5. The number of nitrogens with two attached hydrogens (primary N) is 1. The summed E-state index contributed by atoms with van der Waals surface area (Å²) >= 11 is 15.6. The highest BCUT2D eigenvalue weighted by Gasteiger charge is 2.18. The number of nitrogens with zero attached hydrogens (tertiary/aromatic N) is 2. The molecule has 3 aromatic rings. The molecule has 106 valence electrons. The Morgan fingerprint density at radius 1 is 1.05 bits per heavy atom. The summed E-state index contributed by atoms with van der Waals surface area (Å²) in [5.41, 5.74) is 7.50. The van der Waals surface area contributed by atoms with E-state index in [4.69, 9.17) is 33.5 Å². The maximum Gasteiger partial charge on any atom is 0.261 e. The van der Waals surface area contributed by atoms with Crippen LogP contribution >= 0.6 is 39.1 Å². The lowest BCUT2D eigenvalue weighted by atomic mass is 10.1. The standard InChI is InChI=1S/C14H8BrCl2N3O/c15-8-4-2-1-3-7(8)13-19-14(21-20-13)11-9(16)5-6-10(17)12(11)18/h1-6H,18H2. The molecule has 7 heteroatoms. The molecule has 0 saturated carbocycles. The molecule has 2 N–H and O–H groups in total. The quantitative estimate of drug-likeness (QED) is 0.627. The molecule has 0 atom stereocenters. The van der Waals surface area contributed by atoms with Gasteiger partial charge in [-0.05, 0) is 24.3 Å². The normalized spacial score (nSPS) is 10.8. The van der Waals surface area contributed by atoms with Gasteiger partial charge in [-0.3, -0.25) is 0 Å². The summed E-state index contributed by atoms with van der Waals surface area (Å²) in [6.07, 6.45) is 0. The molecule has 0 bridgehead atoms. The van der Waals surface area contributed by atoms with Crippen molar-refractivity contribution in [3.8, 4) is 22.8 Å². The summed E-state index contributed by atoms with van der Waals surface area (Å²) in [4.78, 5) is 4.34. The number of hydrogen-bond acceptors (Lipinski definition) is 4. The Kier molecular flexibility index (Phi) is 3.89. The molecular formula is C14H8BrCl2N3O. The average Bonchev–Trinajstić information content (AvgIpc) is 2.93. The maximum atomic E-state index is 6.15. The fraction of sp³-hybridized carbons (Fsp3) is 0. The Hall–Kier alpha value is -1.56. The minimum atomic E-state index is 0.228. The van der Waals surface area contributed by atoms with Crippen molar-refractivity contribution in [2.24, 2.45) is 0 Å². The van der Waals surface area contributed by atoms with E-state index in [2.05, 4.69) is 26.1 Å². The van der Waals surface area contributed by atoms with Crippen LogP contribution in [-0.4, -0.2) is 10.1 Å². The second kappa shape index (κ2) is 5.67. The van der Waals surface area contributed by atoms with Gasteiger partial charge in [0.15, 0.2) is 0 Å². The number of halogens is 3.